The number of amides is 1. The molecule has 0 bridgehead atoms. The first-order valence-electron chi connectivity index (χ1n) is 7.13. The van der Waals surface area contributed by atoms with Crippen LogP contribution in [-0.2, 0) is 11.3 Å². The molecule has 3 rings (SSSR count). The fourth-order valence-electron chi connectivity index (χ4n) is 2.33. The second-order valence-electron chi connectivity index (χ2n) is 5.21. The zero-order chi connectivity index (χ0) is 16.4. The smallest absolute Gasteiger partial charge is 0.291 e. The minimum Gasteiger partial charge on any atom is -0.350 e. The van der Waals surface area contributed by atoms with Gasteiger partial charge < -0.3 is 9.72 Å². The number of carbonyl (C=O) groups is 1. The van der Waals surface area contributed by atoms with Gasteiger partial charge in [0.2, 0.25) is 5.91 Å². The van der Waals surface area contributed by atoms with E-state index in [-0.39, 0.29) is 23.8 Å². The van der Waals surface area contributed by atoms with Gasteiger partial charge in [0.25, 0.3) is 5.56 Å². The number of hydrogen-bond acceptors (Lipinski definition) is 3. The van der Waals surface area contributed by atoms with Crippen LogP contribution in [0.25, 0.3) is 5.52 Å². The Hall–Kier alpha value is -2.96. The van der Waals surface area contributed by atoms with Crippen LogP contribution in [0, 0.1) is 5.82 Å². The number of hydrogen-bond donors (Lipinski definition) is 1. The standard InChI is InChI=1S/C16H15FN4O2/c1-11(15(22)18-9-12-4-2-5-13(17)8-12)21-16(23)14-6-3-7-20(14)10-19-21/h2-8,10-11H,9H2,1H3,(H,18,22)/t11-/m1/s1. The van der Waals surface area contributed by atoms with Crippen molar-refractivity contribution in [1.82, 2.24) is 19.5 Å². The molecule has 6 nitrogen and oxygen atoms in total. The Kier molecular flexibility index (Phi) is 3.92. The second kappa shape index (κ2) is 6.04. The van der Waals surface area contributed by atoms with E-state index in [1.165, 1.54) is 18.5 Å². The zero-order valence-electron chi connectivity index (χ0n) is 12.4. The topological polar surface area (TPSA) is 68.4 Å². The molecule has 0 aliphatic carbocycles. The number of halogens is 1. The molecule has 0 aliphatic rings. The third-order valence-electron chi connectivity index (χ3n) is 3.61. The highest BCUT2D eigenvalue weighted by Gasteiger charge is 2.18. The van der Waals surface area contributed by atoms with Gasteiger partial charge in [-0.3, -0.25) is 9.59 Å². The summed E-state index contributed by atoms with van der Waals surface area (Å²) in [5, 5.41) is 6.70. The van der Waals surface area contributed by atoms with Crippen molar-refractivity contribution in [2.75, 3.05) is 0 Å². The maximum atomic E-state index is 13.1. The van der Waals surface area contributed by atoms with E-state index in [1.54, 1.807) is 41.8 Å². The molecule has 0 aliphatic heterocycles. The summed E-state index contributed by atoms with van der Waals surface area (Å²) in [5.41, 5.74) is 0.753. The summed E-state index contributed by atoms with van der Waals surface area (Å²) in [4.78, 5) is 24.5. The third kappa shape index (κ3) is 2.98. The van der Waals surface area contributed by atoms with E-state index in [2.05, 4.69) is 10.4 Å². The van der Waals surface area contributed by atoms with E-state index in [9.17, 15) is 14.0 Å². The first-order chi connectivity index (χ1) is 11.1. The van der Waals surface area contributed by atoms with Gasteiger partial charge >= 0.3 is 0 Å². The molecule has 0 fully saturated rings. The van der Waals surface area contributed by atoms with Crippen LogP contribution in [0.4, 0.5) is 4.39 Å². The van der Waals surface area contributed by atoms with Crippen molar-refractivity contribution >= 4 is 11.4 Å². The third-order valence-corrected chi connectivity index (χ3v) is 3.61. The predicted molar refractivity (Wildman–Crippen MR) is 82.4 cm³/mol. The molecule has 2 aromatic heterocycles. The van der Waals surface area contributed by atoms with Crippen molar-refractivity contribution in [2.45, 2.75) is 19.5 Å². The summed E-state index contributed by atoms with van der Waals surface area (Å²) in [6.07, 6.45) is 3.19. The van der Waals surface area contributed by atoms with Gasteiger partial charge in [0.1, 0.15) is 23.7 Å². The van der Waals surface area contributed by atoms with Crippen LogP contribution in [0.2, 0.25) is 0 Å². The van der Waals surface area contributed by atoms with Crippen molar-refractivity contribution in [1.29, 1.82) is 0 Å². The average Bonchev–Trinajstić information content (AvgIpc) is 3.02. The molecule has 1 atom stereocenters. The van der Waals surface area contributed by atoms with Crippen molar-refractivity contribution in [3.8, 4) is 0 Å². The second-order valence-corrected chi connectivity index (χ2v) is 5.21. The summed E-state index contributed by atoms with van der Waals surface area (Å²) in [5.74, 6) is -0.721. The Morgan fingerprint density at radius 2 is 2.17 bits per heavy atom. The molecule has 2 heterocycles. The summed E-state index contributed by atoms with van der Waals surface area (Å²) in [6.45, 7) is 1.78. The first-order valence-corrected chi connectivity index (χ1v) is 7.13. The molecule has 0 radical (unpaired) electrons. The highest BCUT2D eigenvalue weighted by molar-refractivity contribution is 5.79. The minimum atomic E-state index is -0.768. The zero-order valence-corrected chi connectivity index (χ0v) is 12.4. The fourth-order valence-corrected chi connectivity index (χ4v) is 2.33. The Morgan fingerprint density at radius 3 is 2.96 bits per heavy atom. The lowest BCUT2D eigenvalue weighted by Crippen LogP contribution is -2.37. The van der Waals surface area contributed by atoms with E-state index in [0.717, 1.165) is 4.68 Å². The van der Waals surface area contributed by atoms with Crippen molar-refractivity contribution < 1.29 is 9.18 Å². The van der Waals surface area contributed by atoms with E-state index in [0.29, 0.717) is 11.1 Å². The number of benzene rings is 1. The summed E-state index contributed by atoms with van der Waals surface area (Å²) in [7, 11) is 0. The molecular formula is C16H15FN4O2. The Balaban J connectivity index is 1.76. The van der Waals surface area contributed by atoms with Crippen LogP contribution in [0.3, 0.4) is 0 Å². The lowest BCUT2D eigenvalue weighted by molar-refractivity contribution is -0.124. The van der Waals surface area contributed by atoms with Crippen LogP contribution >= 0.6 is 0 Å². The Labute approximate surface area is 131 Å². The summed E-state index contributed by atoms with van der Waals surface area (Å²) in [6, 6.07) is 8.61. The molecule has 0 spiro atoms. The van der Waals surface area contributed by atoms with Gasteiger partial charge in [-0.15, -0.1) is 0 Å². The number of carbonyl (C=O) groups excluding carboxylic acids is 1. The van der Waals surface area contributed by atoms with E-state index >= 15 is 0 Å². The lowest BCUT2D eigenvalue weighted by atomic mass is 10.2. The maximum Gasteiger partial charge on any atom is 0.291 e. The molecule has 1 amide bonds. The highest BCUT2D eigenvalue weighted by atomic mass is 19.1. The Morgan fingerprint density at radius 1 is 1.35 bits per heavy atom. The minimum absolute atomic E-state index is 0.184. The molecule has 0 unspecified atom stereocenters. The van der Waals surface area contributed by atoms with Crippen LogP contribution in [0.5, 0.6) is 0 Å². The number of rotatable bonds is 4. The van der Waals surface area contributed by atoms with Crippen LogP contribution in [-0.4, -0.2) is 20.1 Å². The van der Waals surface area contributed by atoms with E-state index in [1.807, 2.05) is 0 Å². The van der Waals surface area contributed by atoms with Gasteiger partial charge in [-0.25, -0.2) is 9.07 Å². The van der Waals surface area contributed by atoms with Crippen LogP contribution in [0.15, 0.2) is 53.7 Å². The first kappa shape index (κ1) is 15.0. The molecule has 23 heavy (non-hydrogen) atoms. The average molecular weight is 314 g/mol. The molecule has 3 aromatic rings. The molecule has 0 saturated carbocycles. The quantitative estimate of drug-likeness (QED) is 0.794. The monoisotopic (exact) mass is 314 g/mol. The largest absolute Gasteiger partial charge is 0.350 e. The molecule has 118 valence electrons. The van der Waals surface area contributed by atoms with E-state index < -0.39 is 6.04 Å². The summed E-state index contributed by atoms with van der Waals surface area (Å²) < 4.78 is 15.8. The molecule has 1 aromatic carbocycles. The normalized spacial score (nSPS) is 12.3. The van der Waals surface area contributed by atoms with Gasteiger partial charge in [0, 0.05) is 12.7 Å². The number of aromatic nitrogens is 3. The van der Waals surface area contributed by atoms with Crippen molar-refractivity contribution in [3.05, 3.63) is 70.7 Å². The highest BCUT2D eigenvalue weighted by Crippen LogP contribution is 2.06. The number of nitrogens with one attached hydrogen (secondary N) is 1. The SMILES string of the molecule is C[C@H](C(=O)NCc1cccc(F)c1)n1ncn2cccc2c1=O. The van der Waals surface area contributed by atoms with Crippen molar-refractivity contribution in [2.24, 2.45) is 0 Å². The predicted octanol–water partition coefficient (Wildman–Crippen LogP) is 1.51. The van der Waals surface area contributed by atoms with E-state index in [4.69, 9.17) is 0 Å². The van der Waals surface area contributed by atoms with Crippen LogP contribution < -0.4 is 10.9 Å². The number of nitrogens with zero attached hydrogens (tertiary/aromatic N) is 3. The maximum absolute atomic E-state index is 13.1. The van der Waals surface area contributed by atoms with Gasteiger partial charge in [-0.05, 0) is 36.8 Å². The molecule has 0 saturated heterocycles. The van der Waals surface area contributed by atoms with Gasteiger partial charge in [0.05, 0.1) is 0 Å². The molecular weight excluding hydrogens is 299 g/mol. The summed E-state index contributed by atoms with van der Waals surface area (Å²) >= 11 is 0. The van der Waals surface area contributed by atoms with Crippen molar-refractivity contribution in [3.63, 3.8) is 0 Å². The van der Waals surface area contributed by atoms with Crippen LogP contribution in [0.1, 0.15) is 18.5 Å². The molecule has 1 N–H and O–H groups in total. The van der Waals surface area contributed by atoms with Gasteiger partial charge in [-0.2, -0.15) is 5.10 Å². The number of fused-ring (bicyclic) bond motifs is 1. The van der Waals surface area contributed by atoms with Gasteiger partial charge in [-0.1, -0.05) is 12.1 Å². The fraction of sp³-hybridized carbons (Fsp3) is 0.188. The molecule has 7 heteroatoms. The van der Waals surface area contributed by atoms with Gasteiger partial charge in [0.15, 0.2) is 0 Å². The lowest BCUT2D eigenvalue weighted by Gasteiger charge is -2.14. The Bertz CT molecular complexity index is 916.